The monoisotopic (exact) mass is 420 g/mol. The van der Waals surface area contributed by atoms with E-state index in [2.05, 4.69) is 4.52 Å². The molecule has 0 aromatic carbocycles. The highest BCUT2D eigenvalue weighted by atomic mass is 31.2. The van der Waals surface area contributed by atoms with Gasteiger partial charge in [0.15, 0.2) is 6.29 Å². The van der Waals surface area contributed by atoms with Crippen LogP contribution in [0.25, 0.3) is 0 Å². The van der Waals surface area contributed by atoms with Crippen LogP contribution < -0.4 is 9.79 Å². The Morgan fingerprint density at radius 3 is 2.11 bits per heavy atom. The van der Waals surface area contributed by atoms with E-state index in [4.69, 9.17) is 19.3 Å². The van der Waals surface area contributed by atoms with Gasteiger partial charge in [-0.2, -0.15) is 0 Å². The molecule has 9 atom stereocenters. The zero-order chi connectivity index (χ0) is 20.6. The molecule has 0 aromatic rings. The molecule has 27 heavy (non-hydrogen) atoms. The molecule has 160 valence electrons. The molecule has 0 saturated carbocycles. The van der Waals surface area contributed by atoms with Gasteiger partial charge in [-0.25, -0.2) is 0 Å². The number of ether oxygens (including phenoxy) is 3. The van der Waals surface area contributed by atoms with E-state index < -0.39 is 82.4 Å². The molecule has 2 heterocycles. The first-order valence-electron chi connectivity index (χ1n) is 7.75. The minimum atomic E-state index is -5.42. The fourth-order valence-electron chi connectivity index (χ4n) is 2.78. The molecular weight excluding hydrogens is 399 g/mol. The van der Waals surface area contributed by atoms with Crippen molar-refractivity contribution in [3.8, 4) is 0 Å². The van der Waals surface area contributed by atoms with E-state index in [1.807, 2.05) is 0 Å². The summed E-state index contributed by atoms with van der Waals surface area (Å²) in [4.78, 5) is 21.1. The zero-order valence-electron chi connectivity index (χ0n) is 13.7. The Morgan fingerprint density at radius 1 is 0.963 bits per heavy atom. The predicted molar refractivity (Wildman–Crippen MR) is 75.1 cm³/mol. The molecule has 2 aliphatic heterocycles. The molecule has 2 fully saturated rings. The molecule has 0 amide bonds. The van der Waals surface area contributed by atoms with E-state index >= 15 is 0 Å². The Balaban J connectivity index is 2.15. The lowest BCUT2D eigenvalue weighted by Crippen LogP contribution is -2.62. The second-order valence-electron chi connectivity index (χ2n) is 6.12. The molecule has 2 rings (SSSR count). The Kier molecular flexibility index (Phi) is 7.33. The molecule has 2 saturated heterocycles. The standard InChI is InChI=1S/C12H23O14P/c13-1-4-6(15)8(17)9(18)11(24-4)26-12(3-14)10(19)7(16)5(25-12)2-23-27(20,21)22/h4-11,13-19H,1-3H2,(H2,20,21,22)/p-2/t4-,5-,6-,7-,8+,9-,10+,11-,12+/m1/s1. The molecular formula is C12H21O14P-2. The first kappa shape index (κ1) is 23.0. The Hall–Kier alpha value is -0.290. The minimum absolute atomic E-state index is 0.776. The Labute approximate surface area is 152 Å². The van der Waals surface area contributed by atoms with Gasteiger partial charge < -0.3 is 68.8 Å². The highest BCUT2D eigenvalue weighted by Gasteiger charge is 2.58. The highest BCUT2D eigenvalue weighted by molar-refractivity contribution is 7.43. The minimum Gasteiger partial charge on any atom is -0.790 e. The summed E-state index contributed by atoms with van der Waals surface area (Å²) < 4.78 is 29.9. The molecule has 0 aliphatic carbocycles. The van der Waals surface area contributed by atoms with E-state index in [-0.39, 0.29) is 0 Å². The Morgan fingerprint density at radius 2 is 1.59 bits per heavy atom. The second-order valence-corrected chi connectivity index (χ2v) is 7.27. The summed E-state index contributed by atoms with van der Waals surface area (Å²) in [5, 5.41) is 68.2. The summed E-state index contributed by atoms with van der Waals surface area (Å²) in [6, 6.07) is 0. The SMILES string of the molecule is O=P([O-])([O-])OC[C@H]1O[C@@](CO)(O[C@H]2O[C@H](CO)[C@@H](O)[C@H](O)[C@H]2O)[C@@H](O)[C@@H]1O. The molecule has 2 aliphatic rings. The fourth-order valence-corrected chi connectivity index (χ4v) is 3.11. The molecule has 0 aromatic heterocycles. The lowest BCUT2D eigenvalue weighted by atomic mass is 9.99. The van der Waals surface area contributed by atoms with Crippen molar-refractivity contribution in [1.29, 1.82) is 0 Å². The van der Waals surface area contributed by atoms with Crippen molar-refractivity contribution in [2.75, 3.05) is 19.8 Å². The normalized spacial score (nSPS) is 46.0. The van der Waals surface area contributed by atoms with Crippen molar-refractivity contribution < 1.29 is 68.8 Å². The van der Waals surface area contributed by atoms with Crippen molar-refractivity contribution in [2.24, 2.45) is 0 Å². The number of phosphoric ester groups is 1. The molecule has 0 radical (unpaired) electrons. The largest absolute Gasteiger partial charge is 0.790 e. The molecule has 14 nitrogen and oxygen atoms in total. The third kappa shape index (κ3) is 4.83. The molecule has 7 N–H and O–H groups in total. The van der Waals surface area contributed by atoms with E-state index in [1.165, 1.54) is 0 Å². The molecule has 0 spiro atoms. The maximum Gasteiger partial charge on any atom is 0.224 e. The van der Waals surface area contributed by atoms with Gasteiger partial charge in [0.1, 0.15) is 49.3 Å². The van der Waals surface area contributed by atoms with Gasteiger partial charge in [0.2, 0.25) is 5.79 Å². The lowest BCUT2D eigenvalue weighted by Gasteiger charge is -2.43. The zero-order valence-corrected chi connectivity index (χ0v) is 14.6. The number of hydrogen-bond donors (Lipinski definition) is 7. The number of aliphatic hydroxyl groups is 7. The van der Waals surface area contributed by atoms with Crippen LogP contribution >= 0.6 is 7.82 Å². The highest BCUT2D eigenvalue weighted by Crippen LogP contribution is 2.37. The van der Waals surface area contributed by atoms with E-state index in [9.17, 15) is 45.0 Å². The van der Waals surface area contributed by atoms with Crippen molar-refractivity contribution >= 4 is 7.82 Å². The Bertz CT molecular complexity index is 540. The lowest BCUT2D eigenvalue weighted by molar-refractivity contribution is -0.384. The summed E-state index contributed by atoms with van der Waals surface area (Å²) in [5.41, 5.74) is 0. The average molecular weight is 420 g/mol. The van der Waals surface area contributed by atoms with E-state index in [0.717, 1.165) is 0 Å². The second kappa shape index (κ2) is 8.61. The third-order valence-corrected chi connectivity index (χ3v) is 4.75. The molecule has 0 unspecified atom stereocenters. The first-order chi connectivity index (χ1) is 12.5. The van der Waals surface area contributed by atoms with Gasteiger partial charge in [-0.3, -0.25) is 0 Å². The maximum atomic E-state index is 10.5. The number of phosphoric acid groups is 1. The predicted octanol–water partition coefficient (Wildman–Crippen LogP) is -6.54. The third-order valence-electron chi connectivity index (χ3n) is 4.29. The van der Waals surface area contributed by atoms with Crippen LogP contribution in [0.2, 0.25) is 0 Å². The van der Waals surface area contributed by atoms with Crippen LogP contribution in [0.3, 0.4) is 0 Å². The maximum absolute atomic E-state index is 10.5. The van der Waals surface area contributed by atoms with Gasteiger partial charge in [-0.05, 0) is 0 Å². The number of aliphatic hydroxyl groups excluding tert-OH is 7. The van der Waals surface area contributed by atoms with Gasteiger partial charge in [-0.1, -0.05) is 0 Å². The fraction of sp³-hybridized carbons (Fsp3) is 1.00. The van der Waals surface area contributed by atoms with Crippen molar-refractivity contribution in [2.45, 2.75) is 54.8 Å². The van der Waals surface area contributed by atoms with Gasteiger partial charge in [0, 0.05) is 0 Å². The smallest absolute Gasteiger partial charge is 0.224 e. The summed E-state index contributed by atoms with van der Waals surface area (Å²) in [7, 11) is -5.42. The summed E-state index contributed by atoms with van der Waals surface area (Å²) in [6.07, 6.45) is -14.1. The van der Waals surface area contributed by atoms with Crippen molar-refractivity contribution in [3.63, 3.8) is 0 Å². The summed E-state index contributed by atoms with van der Waals surface area (Å²) in [5.74, 6) is -2.46. The van der Waals surface area contributed by atoms with Crippen LogP contribution in [0, 0.1) is 0 Å². The van der Waals surface area contributed by atoms with Gasteiger partial charge in [0.05, 0.1) is 21.0 Å². The topological polar surface area (TPSA) is 242 Å². The van der Waals surface area contributed by atoms with Gasteiger partial charge in [0.25, 0.3) is 0 Å². The van der Waals surface area contributed by atoms with Crippen LogP contribution in [0.1, 0.15) is 0 Å². The van der Waals surface area contributed by atoms with Crippen LogP contribution in [-0.2, 0) is 23.3 Å². The van der Waals surface area contributed by atoms with E-state index in [0.29, 0.717) is 0 Å². The van der Waals surface area contributed by atoms with Crippen LogP contribution in [0.15, 0.2) is 0 Å². The van der Waals surface area contributed by atoms with Crippen molar-refractivity contribution in [1.82, 2.24) is 0 Å². The van der Waals surface area contributed by atoms with Crippen LogP contribution in [0.4, 0.5) is 0 Å². The number of hydrogen-bond acceptors (Lipinski definition) is 14. The quantitative estimate of drug-likeness (QED) is 0.189. The average Bonchev–Trinajstić information content (AvgIpc) is 2.85. The number of rotatable bonds is 7. The van der Waals surface area contributed by atoms with E-state index in [1.54, 1.807) is 0 Å². The van der Waals surface area contributed by atoms with Crippen LogP contribution in [-0.4, -0.2) is 110 Å². The molecule has 15 heteroatoms. The first-order valence-corrected chi connectivity index (χ1v) is 9.21. The van der Waals surface area contributed by atoms with Gasteiger partial charge >= 0.3 is 0 Å². The van der Waals surface area contributed by atoms with Crippen LogP contribution in [0.5, 0.6) is 0 Å². The van der Waals surface area contributed by atoms with Gasteiger partial charge in [-0.15, -0.1) is 0 Å². The molecule has 0 bridgehead atoms. The summed E-state index contributed by atoms with van der Waals surface area (Å²) in [6.45, 7) is -2.91. The summed E-state index contributed by atoms with van der Waals surface area (Å²) >= 11 is 0. The van der Waals surface area contributed by atoms with Crippen molar-refractivity contribution in [3.05, 3.63) is 0 Å².